The Balaban J connectivity index is 2.89. The molecule has 0 heterocycles. The van der Waals surface area contributed by atoms with E-state index in [1.165, 1.54) is 21.3 Å². The van der Waals surface area contributed by atoms with Gasteiger partial charge in [0.05, 0.1) is 51.0 Å². The Bertz CT molecular complexity index is 1150. The fourth-order valence-electron chi connectivity index (χ4n) is 4.18. The topological polar surface area (TPSA) is 121 Å². The molecular weight excluding hydrogens is 496 g/mol. The van der Waals surface area contributed by atoms with Gasteiger partial charge >= 0.3 is 0 Å². The highest BCUT2D eigenvalue weighted by molar-refractivity contribution is 7.78. The zero-order valence-corrected chi connectivity index (χ0v) is 23.4. The molecule has 0 radical (unpaired) electrons. The van der Waals surface area contributed by atoms with Crippen LogP contribution in [0.5, 0.6) is 11.5 Å². The Morgan fingerprint density at radius 2 is 1.51 bits per heavy atom. The number of methoxy groups -OCH3 is 4. The summed E-state index contributed by atoms with van der Waals surface area (Å²) in [5.41, 5.74) is 7.40. The predicted molar refractivity (Wildman–Crippen MR) is 147 cm³/mol. The van der Waals surface area contributed by atoms with E-state index >= 15 is 0 Å². The quantitative estimate of drug-likeness (QED) is 0.220. The van der Waals surface area contributed by atoms with Crippen LogP contribution in [0.2, 0.25) is 0 Å². The van der Waals surface area contributed by atoms with Crippen molar-refractivity contribution in [2.45, 2.75) is 44.9 Å². The second-order valence-corrected chi connectivity index (χ2v) is 9.26. The largest absolute Gasteiger partial charge is 0.496 e. The molecule has 0 aliphatic heterocycles. The summed E-state index contributed by atoms with van der Waals surface area (Å²) in [5, 5.41) is 0. The van der Waals surface area contributed by atoms with E-state index in [0.29, 0.717) is 64.8 Å². The molecule has 0 bridgehead atoms. The minimum Gasteiger partial charge on any atom is -0.496 e. The molecule has 1 atom stereocenters. The number of amides is 1. The first kappa shape index (κ1) is 30.1. The third-order valence-electron chi connectivity index (χ3n) is 6.43. The highest BCUT2D eigenvalue weighted by Gasteiger charge is 2.36. The monoisotopic (exact) mass is 534 g/mol. The lowest BCUT2D eigenvalue weighted by atomic mass is 9.91. The van der Waals surface area contributed by atoms with Gasteiger partial charge in [0.25, 0.3) is 0 Å². The van der Waals surface area contributed by atoms with Gasteiger partial charge in [-0.3, -0.25) is 4.79 Å². The molecule has 1 amide bonds. The van der Waals surface area contributed by atoms with Gasteiger partial charge in [0, 0.05) is 12.1 Å². The van der Waals surface area contributed by atoms with Crippen LogP contribution in [0.3, 0.4) is 0 Å². The number of para-hydroxylation sites is 1. The summed E-state index contributed by atoms with van der Waals surface area (Å²) in [7, 11) is 6.03. The van der Waals surface area contributed by atoms with E-state index in [-0.39, 0.29) is 11.7 Å². The van der Waals surface area contributed by atoms with Crippen molar-refractivity contribution in [3.05, 3.63) is 53.1 Å². The zero-order chi connectivity index (χ0) is 27.8. The fourth-order valence-corrected chi connectivity index (χ4v) is 4.68. The Morgan fingerprint density at radius 1 is 0.946 bits per heavy atom. The Kier molecular flexibility index (Phi) is 11.0. The van der Waals surface area contributed by atoms with Gasteiger partial charge in [0.2, 0.25) is 5.91 Å². The van der Waals surface area contributed by atoms with E-state index in [1.807, 2.05) is 39.0 Å². The van der Waals surface area contributed by atoms with Gasteiger partial charge in [-0.2, -0.15) is 0 Å². The third kappa shape index (κ3) is 6.44. The Hall–Kier alpha value is -3.08. The van der Waals surface area contributed by atoms with Crippen molar-refractivity contribution in [1.29, 1.82) is 0 Å². The zero-order valence-electron chi connectivity index (χ0n) is 22.6. The van der Waals surface area contributed by atoms with Gasteiger partial charge in [-0.25, -0.2) is 4.21 Å². The van der Waals surface area contributed by atoms with E-state index in [2.05, 4.69) is 0 Å². The molecule has 204 valence electrons. The Labute approximate surface area is 221 Å². The van der Waals surface area contributed by atoms with Crippen LogP contribution in [-0.4, -0.2) is 55.2 Å². The van der Waals surface area contributed by atoms with E-state index < -0.39 is 16.6 Å². The number of rotatable bonds is 13. The molecule has 0 spiro atoms. The average molecular weight is 535 g/mol. The fraction of sp³-hybridized carbons (Fsp3) is 0.444. The molecule has 0 saturated heterocycles. The molecule has 0 saturated carbocycles. The maximum Gasteiger partial charge on any atom is 0.247 e. The van der Waals surface area contributed by atoms with Gasteiger partial charge in [0.15, 0.2) is 22.6 Å². The SMILES string of the molecule is CCN(C(=O)C(N)(CC)CC)c1cc(CS(=O)O)c(C(OC)=C(OC)c2ccccc2OC)cc1OC. The number of anilines is 1. The van der Waals surface area contributed by atoms with Crippen LogP contribution < -0.4 is 20.1 Å². The van der Waals surface area contributed by atoms with Crippen LogP contribution in [0.1, 0.15) is 50.3 Å². The van der Waals surface area contributed by atoms with Crippen LogP contribution in [0.4, 0.5) is 5.69 Å². The highest BCUT2D eigenvalue weighted by Crippen LogP contribution is 2.40. The second kappa shape index (κ2) is 13.5. The molecule has 0 aromatic heterocycles. The number of nitrogens with zero attached hydrogens (tertiary/aromatic N) is 1. The highest BCUT2D eigenvalue weighted by atomic mass is 32.2. The summed E-state index contributed by atoms with van der Waals surface area (Å²) >= 11 is -2.19. The summed E-state index contributed by atoms with van der Waals surface area (Å²) in [6.07, 6.45) is 0.916. The molecule has 2 aromatic carbocycles. The van der Waals surface area contributed by atoms with Crippen molar-refractivity contribution in [1.82, 2.24) is 0 Å². The molecular formula is C27H38N2O7S. The van der Waals surface area contributed by atoms with Crippen molar-refractivity contribution in [2.75, 3.05) is 39.9 Å². The molecule has 1 unspecified atom stereocenters. The van der Waals surface area contributed by atoms with E-state index in [1.54, 1.807) is 30.2 Å². The molecule has 2 aromatic rings. The lowest BCUT2D eigenvalue weighted by molar-refractivity contribution is -0.124. The number of ether oxygens (including phenoxy) is 4. The maximum absolute atomic E-state index is 13.5. The number of likely N-dealkylation sites (N-methyl/N-ethyl adjacent to an activating group) is 1. The molecule has 0 aliphatic rings. The number of hydrogen-bond acceptors (Lipinski definition) is 7. The van der Waals surface area contributed by atoms with Gasteiger partial charge in [-0.05, 0) is 49.6 Å². The normalized spacial score (nSPS) is 12.9. The molecule has 0 aliphatic carbocycles. The van der Waals surface area contributed by atoms with Crippen molar-refractivity contribution >= 4 is 34.2 Å². The number of hydrogen-bond donors (Lipinski definition) is 2. The van der Waals surface area contributed by atoms with Gasteiger partial charge in [-0.15, -0.1) is 0 Å². The van der Waals surface area contributed by atoms with Crippen LogP contribution >= 0.6 is 0 Å². The smallest absolute Gasteiger partial charge is 0.247 e. The molecule has 9 nitrogen and oxygen atoms in total. The van der Waals surface area contributed by atoms with Crippen molar-refractivity contribution < 1.29 is 32.5 Å². The number of benzene rings is 2. The molecule has 37 heavy (non-hydrogen) atoms. The van der Waals surface area contributed by atoms with Crippen LogP contribution in [0.15, 0.2) is 36.4 Å². The average Bonchev–Trinajstić information content (AvgIpc) is 2.91. The van der Waals surface area contributed by atoms with Gasteiger partial charge in [-0.1, -0.05) is 26.0 Å². The van der Waals surface area contributed by atoms with Crippen LogP contribution in [0.25, 0.3) is 11.5 Å². The lowest BCUT2D eigenvalue weighted by Crippen LogP contribution is -2.55. The summed E-state index contributed by atoms with van der Waals surface area (Å²) in [4.78, 5) is 15.1. The number of carbonyl (C=O) groups is 1. The minimum absolute atomic E-state index is 0.219. The van der Waals surface area contributed by atoms with Crippen molar-refractivity contribution in [2.24, 2.45) is 5.73 Å². The first-order valence-electron chi connectivity index (χ1n) is 12.0. The van der Waals surface area contributed by atoms with E-state index in [9.17, 15) is 13.6 Å². The second-order valence-electron chi connectivity index (χ2n) is 8.33. The minimum atomic E-state index is -2.19. The first-order valence-corrected chi connectivity index (χ1v) is 13.3. The van der Waals surface area contributed by atoms with Crippen LogP contribution in [-0.2, 0) is 31.1 Å². The lowest BCUT2D eigenvalue weighted by Gasteiger charge is -2.33. The third-order valence-corrected chi connectivity index (χ3v) is 6.99. The van der Waals surface area contributed by atoms with Crippen molar-refractivity contribution in [3.63, 3.8) is 0 Å². The summed E-state index contributed by atoms with van der Waals surface area (Å²) in [6.45, 7) is 5.91. The molecule has 2 rings (SSSR count). The van der Waals surface area contributed by atoms with Crippen molar-refractivity contribution in [3.8, 4) is 11.5 Å². The summed E-state index contributed by atoms with van der Waals surface area (Å²) in [5.74, 6) is 1.13. The molecule has 3 N–H and O–H groups in total. The summed E-state index contributed by atoms with van der Waals surface area (Å²) < 4.78 is 44.6. The number of carbonyl (C=O) groups excluding carboxylic acids is 1. The van der Waals surface area contributed by atoms with E-state index in [0.717, 1.165) is 0 Å². The number of nitrogens with two attached hydrogens (primary N) is 1. The first-order chi connectivity index (χ1) is 17.7. The summed E-state index contributed by atoms with van der Waals surface area (Å²) in [6, 6.07) is 10.6. The molecule has 10 heteroatoms. The standard InChI is InChI=1S/C27H38N2O7S/c1-8-27(28,9-2)26(30)29(10-3)21-15-18(17-37(31)32)20(16-23(21)34-5)25(36-7)24(35-6)19-13-11-12-14-22(19)33-4/h11-16H,8-10,17,28H2,1-7H3,(H,31,32). The maximum atomic E-state index is 13.5. The predicted octanol–water partition coefficient (Wildman–Crippen LogP) is 4.41. The molecule has 0 fully saturated rings. The van der Waals surface area contributed by atoms with Gasteiger partial charge in [0.1, 0.15) is 11.5 Å². The van der Waals surface area contributed by atoms with Crippen LogP contribution in [0, 0.1) is 0 Å². The van der Waals surface area contributed by atoms with E-state index in [4.69, 9.17) is 24.7 Å². The Morgan fingerprint density at radius 3 is 2.00 bits per heavy atom. The van der Waals surface area contributed by atoms with Gasteiger partial charge < -0.3 is 34.1 Å².